The van der Waals surface area contributed by atoms with Gasteiger partial charge < -0.3 is 13.9 Å². The van der Waals surface area contributed by atoms with Crippen LogP contribution in [-0.2, 0) is 0 Å². The second kappa shape index (κ2) is 11.5. The molecule has 0 amide bonds. The van der Waals surface area contributed by atoms with Crippen LogP contribution in [-0.4, -0.2) is 30.4 Å². The van der Waals surface area contributed by atoms with E-state index in [9.17, 15) is 9.59 Å². The van der Waals surface area contributed by atoms with Gasteiger partial charge in [-0.1, -0.05) is 112 Å². The molecule has 0 fully saturated rings. The predicted molar refractivity (Wildman–Crippen MR) is 229 cm³/mol. The molecule has 0 aliphatic rings. The predicted octanol–water partition coefficient (Wildman–Crippen LogP) is 10.2. The molecule has 0 radical (unpaired) electrons. The molecular weight excluding hydrogens is 689 g/mol. The molecule has 0 unspecified atom stereocenters. The maximum atomic E-state index is 14.7. The second-order valence-corrected chi connectivity index (χ2v) is 26.2. The largest absolute Gasteiger partial charge is 0.497 e. The lowest BCUT2D eigenvalue weighted by molar-refractivity contribution is 0.415. The Balaban J connectivity index is 1.70. The van der Waals surface area contributed by atoms with Crippen molar-refractivity contribution >= 4 is 91.5 Å². The number of methoxy groups -OCH3 is 2. The van der Waals surface area contributed by atoms with Gasteiger partial charge in [0.25, 0.3) is 0 Å². The van der Waals surface area contributed by atoms with Gasteiger partial charge in [-0.05, 0) is 67.7 Å². The standard InChI is InChI=1S/C46H40O5Si2/c1-49-27-21-17-25(18-22-27)33-37-38-34(26-19-23-28(50-2)24-20-26)46(53(6,7)8)40-36(30-14-10-12-16-32(30)42(40)48)44(38)51-43(37)35-29-13-9-11-15-31(29)41(47)39(35)45(33)52(3,4)5/h9-24H,1-8H3. The van der Waals surface area contributed by atoms with Gasteiger partial charge in [-0.25, -0.2) is 0 Å². The van der Waals surface area contributed by atoms with Gasteiger partial charge in [0.1, 0.15) is 22.7 Å². The van der Waals surface area contributed by atoms with Crippen LogP contribution < -0.4 is 30.7 Å². The van der Waals surface area contributed by atoms with Crippen LogP contribution in [0, 0.1) is 0 Å². The van der Waals surface area contributed by atoms with Crippen molar-refractivity contribution in [2.45, 2.75) is 39.3 Å². The minimum atomic E-state index is -2.30. The molecule has 0 bridgehead atoms. The Morgan fingerprint density at radius 3 is 1.09 bits per heavy atom. The third-order valence-corrected chi connectivity index (χ3v) is 15.0. The molecule has 0 saturated carbocycles. The van der Waals surface area contributed by atoms with E-state index in [0.29, 0.717) is 21.9 Å². The monoisotopic (exact) mass is 728 g/mol. The third kappa shape index (κ3) is 4.66. The summed E-state index contributed by atoms with van der Waals surface area (Å²) in [5, 5.41) is 10.6. The van der Waals surface area contributed by atoms with E-state index >= 15 is 0 Å². The van der Waals surface area contributed by atoms with Crippen molar-refractivity contribution < 1.29 is 13.9 Å². The van der Waals surface area contributed by atoms with E-state index in [0.717, 1.165) is 87.2 Å². The van der Waals surface area contributed by atoms with Crippen molar-refractivity contribution in [3.05, 3.63) is 118 Å². The van der Waals surface area contributed by atoms with Crippen LogP contribution in [0.5, 0.6) is 11.5 Å². The Hall–Kier alpha value is -5.51. The fraction of sp³-hybridized carbons (Fsp3) is 0.174. The van der Waals surface area contributed by atoms with Crippen LogP contribution in [0.4, 0.5) is 0 Å². The highest BCUT2D eigenvalue weighted by molar-refractivity contribution is 6.93. The first kappa shape index (κ1) is 33.3. The van der Waals surface area contributed by atoms with E-state index in [1.165, 1.54) is 0 Å². The second-order valence-electron chi connectivity index (χ2n) is 16.2. The lowest BCUT2D eigenvalue weighted by atomic mass is 9.91. The number of ether oxygens (including phenoxy) is 2. The van der Waals surface area contributed by atoms with Gasteiger partial charge >= 0.3 is 0 Å². The van der Waals surface area contributed by atoms with E-state index in [1.807, 2.05) is 72.8 Å². The third-order valence-electron chi connectivity index (χ3n) is 11.0. The summed E-state index contributed by atoms with van der Waals surface area (Å²) in [7, 11) is -1.26. The Bertz CT molecular complexity index is 2850. The SMILES string of the molecule is COc1ccc(-c2c([Si](C)(C)C)c3c(=O)c4ccccc4c3c3oc4c(c(-c5ccc(OC)cc5)c([Si](C)(C)C)c5c(=O)c6ccccc6c54)c23)cc1. The number of benzene rings is 6. The Morgan fingerprint density at radius 2 is 0.774 bits per heavy atom. The zero-order valence-electron chi connectivity index (χ0n) is 31.3. The first-order valence-electron chi connectivity index (χ1n) is 18.1. The van der Waals surface area contributed by atoms with E-state index in [2.05, 4.69) is 63.5 Å². The van der Waals surface area contributed by atoms with E-state index in [4.69, 9.17) is 13.9 Å². The highest BCUT2D eigenvalue weighted by atomic mass is 28.3. The zero-order chi connectivity index (χ0) is 37.1. The lowest BCUT2D eigenvalue weighted by Crippen LogP contribution is -2.41. The van der Waals surface area contributed by atoms with Crippen LogP contribution in [0.2, 0.25) is 39.3 Å². The van der Waals surface area contributed by atoms with E-state index < -0.39 is 16.1 Å². The first-order chi connectivity index (χ1) is 25.3. The summed E-state index contributed by atoms with van der Waals surface area (Å²) in [6, 6.07) is 32.2. The number of furan rings is 1. The van der Waals surface area contributed by atoms with Gasteiger partial charge in [-0.3, -0.25) is 9.59 Å². The molecule has 262 valence electrons. The van der Waals surface area contributed by atoms with Gasteiger partial charge in [-0.2, -0.15) is 0 Å². The Kier molecular flexibility index (Phi) is 7.23. The fourth-order valence-electron chi connectivity index (χ4n) is 8.87. The molecule has 0 N–H and O–H groups in total. The number of fused-ring (bicyclic) bond motifs is 11. The van der Waals surface area contributed by atoms with Gasteiger partial charge in [-0.15, -0.1) is 0 Å². The van der Waals surface area contributed by atoms with E-state index in [1.54, 1.807) is 14.2 Å². The molecule has 0 aliphatic carbocycles. The fourth-order valence-corrected chi connectivity index (χ4v) is 12.9. The topological polar surface area (TPSA) is 65.7 Å². The van der Waals surface area contributed by atoms with Crippen molar-refractivity contribution in [1.82, 2.24) is 0 Å². The van der Waals surface area contributed by atoms with Crippen LogP contribution >= 0.6 is 0 Å². The van der Waals surface area contributed by atoms with Crippen LogP contribution in [0.15, 0.2) is 111 Å². The van der Waals surface area contributed by atoms with Crippen molar-refractivity contribution in [2.24, 2.45) is 0 Å². The number of hydrogen-bond acceptors (Lipinski definition) is 5. The summed E-state index contributed by atoms with van der Waals surface area (Å²) in [6.45, 7) is 13.9. The molecule has 1 aromatic heterocycles. The lowest BCUT2D eigenvalue weighted by Gasteiger charge is -2.26. The van der Waals surface area contributed by atoms with Crippen LogP contribution in [0.25, 0.3) is 87.3 Å². The molecule has 1 heterocycles. The summed E-state index contributed by atoms with van der Waals surface area (Å²) in [6.07, 6.45) is 0. The number of rotatable bonds is 6. The molecule has 8 aromatic carbocycles. The highest BCUT2D eigenvalue weighted by Gasteiger charge is 2.37. The average molecular weight is 729 g/mol. The van der Waals surface area contributed by atoms with Gasteiger partial charge in [0, 0.05) is 43.1 Å². The molecule has 0 aliphatic heterocycles. The van der Waals surface area contributed by atoms with Crippen molar-refractivity contribution in [3.8, 4) is 33.8 Å². The molecule has 7 heteroatoms. The molecule has 0 saturated heterocycles. The maximum Gasteiger partial charge on any atom is 0.194 e. The summed E-state index contributed by atoms with van der Waals surface area (Å²) in [5.74, 6) is 1.52. The van der Waals surface area contributed by atoms with Gasteiger partial charge in [0.15, 0.2) is 10.9 Å². The summed E-state index contributed by atoms with van der Waals surface area (Å²) in [4.78, 5) is 29.5. The highest BCUT2D eigenvalue weighted by Crippen LogP contribution is 2.49. The van der Waals surface area contributed by atoms with Crippen molar-refractivity contribution in [2.75, 3.05) is 14.2 Å². The van der Waals surface area contributed by atoms with Gasteiger partial charge in [0.2, 0.25) is 0 Å². The number of hydrogen-bond donors (Lipinski definition) is 0. The van der Waals surface area contributed by atoms with E-state index in [-0.39, 0.29) is 10.9 Å². The Morgan fingerprint density at radius 1 is 0.434 bits per heavy atom. The minimum absolute atomic E-state index is 0.0362. The summed E-state index contributed by atoms with van der Waals surface area (Å²) in [5.41, 5.74) is 5.47. The maximum absolute atomic E-state index is 14.7. The van der Waals surface area contributed by atoms with Gasteiger partial charge in [0.05, 0.1) is 30.4 Å². The van der Waals surface area contributed by atoms with Crippen LogP contribution in [0.1, 0.15) is 0 Å². The normalized spacial score (nSPS) is 12.7. The molecule has 0 atom stereocenters. The minimum Gasteiger partial charge on any atom is -0.497 e. The molecule has 5 nitrogen and oxygen atoms in total. The summed E-state index contributed by atoms with van der Waals surface area (Å²) < 4.78 is 18.6. The molecule has 53 heavy (non-hydrogen) atoms. The molecular formula is C46H40O5Si2. The van der Waals surface area contributed by atoms with Crippen LogP contribution in [0.3, 0.4) is 0 Å². The quantitative estimate of drug-likeness (QED) is 0.160. The molecule has 9 rings (SSSR count). The van der Waals surface area contributed by atoms with Crippen molar-refractivity contribution in [3.63, 3.8) is 0 Å². The first-order valence-corrected chi connectivity index (χ1v) is 25.1. The summed E-state index contributed by atoms with van der Waals surface area (Å²) >= 11 is 0. The smallest absolute Gasteiger partial charge is 0.194 e. The average Bonchev–Trinajstić information content (AvgIpc) is 3.78. The Labute approximate surface area is 309 Å². The zero-order valence-corrected chi connectivity index (χ0v) is 33.3. The molecule has 9 aromatic rings. The molecule has 0 spiro atoms. The van der Waals surface area contributed by atoms with Crippen molar-refractivity contribution in [1.29, 1.82) is 0 Å².